The number of nitrogens with zero attached hydrogens (tertiary/aromatic N) is 2. The molecular formula is C21H21Cl2N3. The molecule has 4 rings (SSSR count). The van der Waals surface area contributed by atoms with Gasteiger partial charge in [0.2, 0.25) is 5.95 Å². The molecule has 134 valence electrons. The molecule has 0 fully saturated rings. The van der Waals surface area contributed by atoms with Crippen LogP contribution in [-0.4, -0.2) is 17.0 Å². The molecule has 5 heteroatoms. The Hall–Kier alpha value is -2.10. The van der Waals surface area contributed by atoms with Crippen molar-refractivity contribution in [2.24, 2.45) is 0 Å². The minimum absolute atomic E-state index is 0.215. The molecule has 0 spiro atoms. The monoisotopic (exact) mass is 385 g/mol. The van der Waals surface area contributed by atoms with E-state index < -0.39 is 0 Å². The fourth-order valence-electron chi connectivity index (χ4n) is 3.28. The van der Waals surface area contributed by atoms with E-state index in [4.69, 9.17) is 23.2 Å². The molecule has 1 aliphatic carbocycles. The van der Waals surface area contributed by atoms with E-state index in [0.717, 1.165) is 28.8 Å². The van der Waals surface area contributed by atoms with Crippen molar-refractivity contribution in [2.75, 3.05) is 12.4 Å². The van der Waals surface area contributed by atoms with Crippen molar-refractivity contribution in [3.8, 4) is 11.3 Å². The maximum atomic E-state index is 6.24. The Balaban J connectivity index is 0.000000948. The van der Waals surface area contributed by atoms with E-state index in [1.807, 2.05) is 51.4 Å². The summed E-state index contributed by atoms with van der Waals surface area (Å²) in [4.78, 5) is 9.04. The summed E-state index contributed by atoms with van der Waals surface area (Å²) in [7, 11) is 1.83. The van der Waals surface area contributed by atoms with Gasteiger partial charge >= 0.3 is 0 Å². The number of anilines is 1. The normalized spacial score (nSPS) is 14.6. The molecule has 3 nitrogen and oxygen atoms in total. The van der Waals surface area contributed by atoms with Gasteiger partial charge in [0.1, 0.15) is 0 Å². The fraction of sp³-hybridized carbons (Fsp3) is 0.238. The number of hydrogen-bond donors (Lipinski definition) is 1. The van der Waals surface area contributed by atoms with Gasteiger partial charge in [-0.1, -0.05) is 67.4 Å². The lowest BCUT2D eigenvalue weighted by atomic mass is 9.78. The molecule has 1 atom stereocenters. The van der Waals surface area contributed by atoms with Gasteiger partial charge in [0.05, 0.1) is 15.7 Å². The zero-order valence-electron chi connectivity index (χ0n) is 15.1. The van der Waals surface area contributed by atoms with Crippen LogP contribution in [0.15, 0.2) is 48.7 Å². The molecule has 0 saturated heterocycles. The molecule has 0 amide bonds. The first-order valence-electron chi connectivity index (χ1n) is 8.75. The second-order valence-corrected chi connectivity index (χ2v) is 6.65. The lowest BCUT2D eigenvalue weighted by Crippen LogP contribution is -2.15. The first-order chi connectivity index (χ1) is 12.7. The lowest BCUT2D eigenvalue weighted by molar-refractivity contribution is 0.782. The number of benzene rings is 2. The van der Waals surface area contributed by atoms with Gasteiger partial charge in [0.15, 0.2) is 0 Å². The van der Waals surface area contributed by atoms with Crippen molar-refractivity contribution >= 4 is 29.2 Å². The van der Waals surface area contributed by atoms with Gasteiger partial charge in [0, 0.05) is 24.7 Å². The second kappa shape index (κ2) is 8.07. The molecule has 0 radical (unpaired) electrons. The van der Waals surface area contributed by atoms with Crippen molar-refractivity contribution in [2.45, 2.75) is 26.2 Å². The summed E-state index contributed by atoms with van der Waals surface area (Å²) in [5.41, 5.74) is 5.70. The molecule has 0 saturated carbocycles. The Bertz CT molecular complexity index is 925. The average molecular weight is 386 g/mol. The smallest absolute Gasteiger partial charge is 0.222 e. The summed E-state index contributed by atoms with van der Waals surface area (Å²) >= 11 is 12.3. The van der Waals surface area contributed by atoms with E-state index in [2.05, 4.69) is 33.5 Å². The first-order valence-corrected chi connectivity index (χ1v) is 9.51. The molecule has 26 heavy (non-hydrogen) atoms. The standard InChI is InChI=1S/C19H15Cl2N3.C2H6/c1-22-19-23-10-12-8-15(11-6-7-16(20)17(21)9-11)13-4-2-3-5-14(13)18(12)24-19;1-2/h2-7,9-10,15H,8H2,1H3,(H,22,23,24);1-2H3/t15-;/m1./s1. The van der Waals surface area contributed by atoms with Crippen LogP contribution in [0, 0.1) is 0 Å². The Morgan fingerprint density at radius 3 is 2.54 bits per heavy atom. The van der Waals surface area contributed by atoms with Crippen molar-refractivity contribution in [3.63, 3.8) is 0 Å². The number of aromatic nitrogens is 2. The molecule has 1 heterocycles. The number of hydrogen-bond acceptors (Lipinski definition) is 3. The summed E-state index contributed by atoms with van der Waals surface area (Å²) in [6.45, 7) is 4.00. The Morgan fingerprint density at radius 1 is 1.04 bits per heavy atom. The van der Waals surface area contributed by atoms with Crippen molar-refractivity contribution < 1.29 is 0 Å². The number of halogens is 2. The number of rotatable bonds is 2. The third-order valence-corrected chi connectivity index (χ3v) is 5.19. The minimum atomic E-state index is 0.215. The molecule has 1 aromatic heterocycles. The van der Waals surface area contributed by atoms with E-state index in [1.165, 1.54) is 5.56 Å². The Labute approximate surface area is 164 Å². The highest BCUT2D eigenvalue weighted by Gasteiger charge is 2.27. The Kier molecular flexibility index (Phi) is 5.80. The van der Waals surface area contributed by atoms with E-state index in [0.29, 0.717) is 16.0 Å². The second-order valence-electron chi connectivity index (χ2n) is 5.83. The SMILES string of the molecule is CC.CNc1ncc2c(n1)-c1ccccc1[C@@H](c1ccc(Cl)c(Cl)c1)C2. The van der Waals surface area contributed by atoms with Crippen molar-refractivity contribution in [1.29, 1.82) is 0 Å². The van der Waals surface area contributed by atoms with Crippen molar-refractivity contribution in [3.05, 3.63) is 75.4 Å². The third kappa shape index (κ3) is 3.42. The van der Waals surface area contributed by atoms with Gasteiger partial charge < -0.3 is 5.32 Å². The highest BCUT2D eigenvalue weighted by Crippen LogP contribution is 2.42. The topological polar surface area (TPSA) is 37.8 Å². The molecule has 0 aliphatic heterocycles. The maximum Gasteiger partial charge on any atom is 0.222 e. The van der Waals surface area contributed by atoms with E-state index in [9.17, 15) is 0 Å². The largest absolute Gasteiger partial charge is 0.357 e. The molecule has 2 aromatic carbocycles. The Morgan fingerprint density at radius 2 is 1.81 bits per heavy atom. The van der Waals surface area contributed by atoms with Crippen LogP contribution in [0.2, 0.25) is 10.0 Å². The first kappa shape index (κ1) is 18.7. The van der Waals surface area contributed by atoms with Gasteiger partial charge in [-0.2, -0.15) is 0 Å². The van der Waals surface area contributed by atoms with E-state index >= 15 is 0 Å². The van der Waals surface area contributed by atoms with Gasteiger partial charge in [-0.15, -0.1) is 0 Å². The van der Waals surface area contributed by atoms with Gasteiger partial charge in [0.25, 0.3) is 0 Å². The van der Waals surface area contributed by atoms with Crippen LogP contribution in [0.3, 0.4) is 0 Å². The van der Waals surface area contributed by atoms with Crippen LogP contribution in [0.5, 0.6) is 0 Å². The van der Waals surface area contributed by atoms with E-state index in [1.54, 1.807) is 0 Å². The number of nitrogens with one attached hydrogen (secondary N) is 1. The van der Waals surface area contributed by atoms with Crippen LogP contribution in [0.25, 0.3) is 11.3 Å². The predicted molar refractivity (Wildman–Crippen MR) is 110 cm³/mol. The fourth-order valence-corrected chi connectivity index (χ4v) is 3.59. The van der Waals surface area contributed by atoms with Gasteiger partial charge in [-0.25, -0.2) is 9.97 Å². The minimum Gasteiger partial charge on any atom is -0.357 e. The molecule has 3 aromatic rings. The van der Waals surface area contributed by atoms with Gasteiger partial charge in [-0.3, -0.25) is 0 Å². The predicted octanol–water partition coefficient (Wildman–Crippen LogP) is 6.21. The average Bonchev–Trinajstić information content (AvgIpc) is 2.70. The molecule has 0 bridgehead atoms. The van der Waals surface area contributed by atoms with Crippen LogP contribution < -0.4 is 5.32 Å². The molecule has 1 aliphatic rings. The third-order valence-electron chi connectivity index (χ3n) is 4.45. The highest BCUT2D eigenvalue weighted by molar-refractivity contribution is 6.42. The zero-order chi connectivity index (χ0) is 18.7. The summed E-state index contributed by atoms with van der Waals surface area (Å²) < 4.78 is 0. The van der Waals surface area contributed by atoms with Crippen LogP contribution >= 0.6 is 23.2 Å². The van der Waals surface area contributed by atoms with Crippen molar-refractivity contribution in [1.82, 2.24) is 9.97 Å². The van der Waals surface area contributed by atoms with Crippen LogP contribution in [-0.2, 0) is 6.42 Å². The molecule has 1 N–H and O–H groups in total. The summed E-state index contributed by atoms with van der Waals surface area (Å²) in [6, 6.07) is 14.2. The highest BCUT2D eigenvalue weighted by atomic mass is 35.5. The van der Waals surface area contributed by atoms with E-state index in [-0.39, 0.29) is 5.92 Å². The lowest BCUT2D eigenvalue weighted by Gasteiger charge is -2.27. The zero-order valence-corrected chi connectivity index (χ0v) is 16.6. The maximum absolute atomic E-state index is 6.24. The number of fused-ring (bicyclic) bond motifs is 3. The van der Waals surface area contributed by atoms with Gasteiger partial charge in [-0.05, 0) is 35.2 Å². The van der Waals surface area contributed by atoms with Crippen LogP contribution in [0.4, 0.5) is 5.95 Å². The summed E-state index contributed by atoms with van der Waals surface area (Å²) in [6.07, 6.45) is 2.75. The molecule has 0 unspecified atom stereocenters. The summed E-state index contributed by atoms with van der Waals surface area (Å²) in [5.74, 6) is 0.851. The quantitative estimate of drug-likeness (QED) is 0.569. The summed E-state index contributed by atoms with van der Waals surface area (Å²) in [5, 5.41) is 4.17. The van der Waals surface area contributed by atoms with Crippen LogP contribution in [0.1, 0.15) is 36.5 Å². The molecular weight excluding hydrogens is 365 g/mol.